The van der Waals surface area contributed by atoms with Gasteiger partial charge in [-0.2, -0.15) is 0 Å². The maximum absolute atomic E-state index is 12.8. The standard InChI is InChI=1S/C24H30N2O3/c1-17(2)25-23(27)20-10-12-22(13-11-20)29-16-19-5-4-14-26(15-19)24(28)21-8-6-18(3)7-9-21/h6-13,17,19H,4-5,14-16H2,1-3H3,(H,25,27)/t19-/m1/s1. The first-order valence-electron chi connectivity index (χ1n) is 10.3. The van der Waals surface area contributed by atoms with Crippen molar-refractivity contribution < 1.29 is 14.3 Å². The van der Waals surface area contributed by atoms with E-state index >= 15 is 0 Å². The van der Waals surface area contributed by atoms with E-state index in [-0.39, 0.29) is 17.9 Å². The number of rotatable bonds is 6. The van der Waals surface area contributed by atoms with Crippen molar-refractivity contribution in [3.63, 3.8) is 0 Å². The van der Waals surface area contributed by atoms with Crippen molar-refractivity contribution in [1.82, 2.24) is 10.2 Å². The second-order valence-electron chi connectivity index (χ2n) is 8.09. The Bertz CT molecular complexity index is 828. The van der Waals surface area contributed by atoms with Crippen molar-refractivity contribution in [3.8, 4) is 5.75 Å². The summed E-state index contributed by atoms with van der Waals surface area (Å²) in [5.41, 5.74) is 2.52. The topological polar surface area (TPSA) is 58.6 Å². The quantitative estimate of drug-likeness (QED) is 0.804. The first-order chi connectivity index (χ1) is 13.9. The molecule has 2 aromatic rings. The van der Waals surface area contributed by atoms with Crippen LogP contribution in [0.1, 0.15) is 53.0 Å². The molecule has 1 atom stereocenters. The number of amides is 2. The molecule has 1 N–H and O–H groups in total. The van der Waals surface area contributed by atoms with Gasteiger partial charge >= 0.3 is 0 Å². The number of nitrogens with zero attached hydrogens (tertiary/aromatic N) is 1. The predicted octanol–water partition coefficient (Wildman–Crippen LogP) is 4.06. The number of carbonyl (C=O) groups excluding carboxylic acids is 2. The maximum atomic E-state index is 12.8. The van der Waals surface area contributed by atoms with Crippen LogP contribution < -0.4 is 10.1 Å². The summed E-state index contributed by atoms with van der Waals surface area (Å²) in [5.74, 6) is 1.06. The van der Waals surface area contributed by atoms with E-state index in [0.29, 0.717) is 24.6 Å². The summed E-state index contributed by atoms with van der Waals surface area (Å²) in [6.07, 6.45) is 2.03. The number of piperidine rings is 1. The van der Waals surface area contributed by atoms with Crippen molar-refractivity contribution in [3.05, 3.63) is 65.2 Å². The van der Waals surface area contributed by atoms with Gasteiger partial charge in [-0.3, -0.25) is 9.59 Å². The zero-order valence-electron chi connectivity index (χ0n) is 17.5. The van der Waals surface area contributed by atoms with Crippen LogP contribution in [-0.2, 0) is 0 Å². The molecule has 154 valence electrons. The van der Waals surface area contributed by atoms with E-state index in [2.05, 4.69) is 5.32 Å². The summed E-state index contributed by atoms with van der Waals surface area (Å²) < 4.78 is 5.94. The Morgan fingerprint density at radius 1 is 1.07 bits per heavy atom. The molecular weight excluding hydrogens is 364 g/mol. The molecule has 2 aromatic carbocycles. The SMILES string of the molecule is Cc1ccc(C(=O)N2CCC[C@@H](COc3ccc(C(=O)NC(C)C)cc3)C2)cc1. The Labute approximate surface area is 173 Å². The Morgan fingerprint density at radius 2 is 1.72 bits per heavy atom. The van der Waals surface area contributed by atoms with E-state index in [1.54, 1.807) is 12.1 Å². The third-order valence-electron chi connectivity index (χ3n) is 5.13. The van der Waals surface area contributed by atoms with Crippen LogP contribution in [0.25, 0.3) is 0 Å². The zero-order chi connectivity index (χ0) is 20.8. The predicted molar refractivity (Wildman–Crippen MR) is 114 cm³/mol. The molecule has 0 saturated carbocycles. The lowest BCUT2D eigenvalue weighted by molar-refractivity contribution is 0.0633. The first kappa shape index (κ1) is 20.9. The van der Waals surface area contributed by atoms with E-state index < -0.39 is 0 Å². The molecule has 1 heterocycles. The van der Waals surface area contributed by atoms with Crippen LogP contribution in [0.15, 0.2) is 48.5 Å². The summed E-state index contributed by atoms with van der Waals surface area (Å²) in [6.45, 7) is 7.96. The Hall–Kier alpha value is -2.82. The molecule has 0 unspecified atom stereocenters. The zero-order valence-corrected chi connectivity index (χ0v) is 17.5. The maximum Gasteiger partial charge on any atom is 0.253 e. The molecule has 5 heteroatoms. The van der Waals surface area contributed by atoms with Gasteiger partial charge in [0, 0.05) is 36.2 Å². The smallest absolute Gasteiger partial charge is 0.253 e. The van der Waals surface area contributed by atoms with Crippen LogP contribution in [0, 0.1) is 12.8 Å². The van der Waals surface area contributed by atoms with Crippen LogP contribution in [0.2, 0.25) is 0 Å². The van der Waals surface area contributed by atoms with Gasteiger partial charge in [0.05, 0.1) is 6.61 Å². The molecule has 29 heavy (non-hydrogen) atoms. The number of aryl methyl sites for hydroxylation is 1. The fraction of sp³-hybridized carbons (Fsp3) is 0.417. The average molecular weight is 395 g/mol. The highest BCUT2D eigenvalue weighted by molar-refractivity contribution is 5.94. The Kier molecular flexibility index (Phi) is 6.91. The van der Waals surface area contributed by atoms with Crippen molar-refractivity contribution >= 4 is 11.8 Å². The second kappa shape index (κ2) is 9.59. The van der Waals surface area contributed by atoms with E-state index in [1.165, 1.54) is 0 Å². The molecule has 1 aliphatic heterocycles. The molecule has 0 aliphatic carbocycles. The number of ether oxygens (including phenoxy) is 1. The number of hydrogen-bond acceptors (Lipinski definition) is 3. The Balaban J connectivity index is 1.52. The minimum absolute atomic E-state index is 0.0795. The summed E-state index contributed by atoms with van der Waals surface area (Å²) >= 11 is 0. The van der Waals surface area contributed by atoms with Crippen LogP contribution in [0.5, 0.6) is 5.75 Å². The van der Waals surface area contributed by atoms with Crippen molar-refractivity contribution in [2.24, 2.45) is 5.92 Å². The highest BCUT2D eigenvalue weighted by Gasteiger charge is 2.25. The van der Waals surface area contributed by atoms with Crippen molar-refractivity contribution in [2.75, 3.05) is 19.7 Å². The highest BCUT2D eigenvalue weighted by atomic mass is 16.5. The summed E-state index contributed by atoms with van der Waals surface area (Å²) in [7, 11) is 0. The lowest BCUT2D eigenvalue weighted by atomic mass is 9.98. The van der Waals surface area contributed by atoms with Gasteiger partial charge in [0.2, 0.25) is 0 Å². The first-order valence-corrected chi connectivity index (χ1v) is 10.3. The molecule has 1 saturated heterocycles. The molecule has 0 bridgehead atoms. The monoisotopic (exact) mass is 394 g/mol. The minimum Gasteiger partial charge on any atom is -0.493 e. The number of hydrogen-bond donors (Lipinski definition) is 1. The van der Waals surface area contributed by atoms with Gasteiger partial charge < -0.3 is 15.0 Å². The third-order valence-corrected chi connectivity index (χ3v) is 5.13. The van der Waals surface area contributed by atoms with Gasteiger partial charge in [-0.25, -0.2) is 0 Å². The molecule has 1 fully saturated rings. The molecule has 5 nitrogen and oxygen atoms in total. The molecule has 0 aromatic heterocycles. The Morgan fingerprint density at radius 3 is 2.38 bits per heavy atom. The van der Waals surface area contributed by atoms with Crippen molar-refractivity contribution in [1.29, 1.82) is 0 Å². The number of carbonyl (C=O) groups is 2. The summed E-state index contributed by atoms with van der Waals surface area (Å²) in [4.78, 5) is 26.7. The number of likely N-dealkylation sites (tertiary alicyclic amines) is 1. The number of nitrogens with one attached hydrogen (secondary N) is 1. The fourth-order valence-electron chi connectivity index (χ4n) is 3.53. The molecule has 3 rings (SSSR count). The average Bonchev–Trinajstić information content (AvgIpc) is 2.72. The van der Waals surface area contributed by atoms with Crippen LogP contribution >= 0.6 is 0 Å². The minimum atomic E-state index is -0.0795. The van der Waals surface area contributed by atoms with E-state index in [4.69, 9.17) is 4.74 Å². The lowest BCUT2D eigenvalue weighted by Gasteiger charge is -2.32. The lowest BCUT2D eigenvalue weighted by Crippen LogP contribution is -2.41. The van der Waals surface area contributed by atoms with E-state index in [9.17, 15) is 9.59 Å². The van der Waals surface area contributed by atoms with Gasteiger partial charge in [0.1, 0.15) is 5.75 Å². The van der Waals surface area contributed by atoms with Crippen molar-refractivity contribution in [2.45, 2.75) is 39.7 Å². The molecule has 2 amide bonds. The van der Waals surface area contributed by atoms with Gasteiger partial charge in [0.25, 0.3) is 11.8 Å². The van der Waals surface area contributed by atoms with E-state index in [1.807, 2.05) is 62.1 Å². The highest BCUT2D eigenvalue weighted by Crippen LogP contribution is 2.21. The third kappa shape index (κ3) is 5.83. The normalized spacial score (nSPS) is 16.6. The van der Waals surface area contributed by atoms with Crippen LogP contribution in [-0.4, -0.2) is 42.5 Å². The molecule has 1 aliphatic rings. The largest absolute Gasteiger partial charge is 0.493 e. The molecule has 0 radical (unpaired) electrons. The van der Waals surface area contributed by atoms with Crippen LogP contribution in [0.3, 0.4) is 0 Å². The summed E-state index contributed by atoms with van der Waals surface area (Å²) in [5, 5.41) is 2.88. The van der Waals surface area contributed by atoms with Gasteiger partial charge in [0.15, 0.2) is 0 Å². The van der Waals surface area contributed by atoms with Gasteiger partial charge in [-0.15, -0.1) is 0 Å². The van der Waals surface area contributed by atoms with Gasteiger partial charge in [-0.05, 0) is 70.0 Å². The van der Waals surface area contributed by atoms with Gasteiger partial charge in [-0.1, -0.05) is 17.7 Å². The second-order valence-corrected chi connectivity index (χ2v) is 8.09. The fourth-order valence-corrected chi connectivity index (χ4v) is 3.53. The van der Waals surface area contributed by atoms with E-state index in [0.717, 1.165) is 36.3 Å². The van der Waals surface area contributed by atoms with Crippen LogP contribution in [0.4, 0.5) is 0 Å². The molecule has 0 spiro atoms. The molecular formula is C24H30N2O3. The summed E-state index contributed by atoms with van der Waals surface area (Å²) in [6, 6.07) is 15.1. The number of benzene rings is 2.